The number of primary sulfonamides is 1. The number of amides is 1. The molecule has 0 bridgehead atoms. The minimum Gasteiger partial charge on any atom is -0.318 e. The number of anilines is 1. The minimum absolute atomic E-state index is 0.0196. The Balaban J connectivity index is 3.35. The number of ketones is 1. The van der Waals surface area contributed by atoms with Crippen LogP contribution >= 0.6 is 31.9 Å². The lowest BCUT2D eigenvalue weighted by atomic mass is 10.2. The van der Waals surface area contributed by atoms with Crippen molar-refractivity contribution in [2.75, 3.05) is 5.32 Å². The molecule has 0 saturated carbocycles. The maximum absolute atomic E-state index is 11.5. The molecule has 104 valence electrons. The van der Waals surface area contributed by atoms with E-state index in [-0.39, 0.29) is 21.5 Å². The van der Waals surface area contributed by atoms with Gasteiger partial charge in [-0.25, -0.2) is 13.6 Å². The summed E-state index contributed by atoms with van der Waals surface area (Å²) < 4.78 is 23.7. The molecular formula is C10H10Br2N2O4S. The molecule has 0 aliphatic rings. The highest BCUT2D eigenvalue weighted by Crippen LogP contribution is 2.32. The molecule has 0 heterocycles. The summed E-state index contributed by atoms with van der Waals surface area (Å²) in [6.07, 6.45) is 0.0196. The molecule has 0 unspecified atom stereocenters. The highest BCUT2D eigenvalue weighted by molar-refractivity contribution is 9.11. The third-order valence-electron chi connectivity index (χ3n) is 2.12. The van der Waals surface area contributed by atoms with Crippen molar-refractivity contribution in [1.82, 2.24) is 0 Å². The molecule has 6 nitrogen and oxygen atoms in total. The fourth-order valence-electron chi connectivity index (χ4n) is 1.29. The van der Waals surface area contributed by atoms with Crippen molar-refractivity contribution in [3.8, 4) is 0 Å². The fourth-order valence-corrected chi connectivity index (χ4v) is 3.94. The number of hydrogen-bond donors (Lipinski definition) is 2. The molecule has 1 rings (SSSR count). The number of hydrogen-bond acceptors (Lipinski definition) is 4. The van der Waals surface area contributed by atoms with E-state index in [0.717, 1.165) is 0 Å². The Bertz CT molecular complexity index is 643. The Hall–Kier alpha value is -0.770. The summed E-state index contributed by atoms with van der Waals surface area (Å²) in [7, 11) is -4.05. The molecule has 0 aliphatic heterocycles. The van der Waals surface area contributed by atoms with Crippen LogP contribution in [0.1, 0.15) is 13.3 Å². The summed E-state index contributed by atoms with van der Waals surface area (Å²) in [6.45, 7) is 1.53. The van der Waals surface area contributed by atoms with Crippen LogP contribution in [0.15, 0.2) is 26.0 Å². The number of benzene rings is 1. The predicted octanol–water partition coefficient (Wildman–Crippen LogP) is 1.78. The second-order valence-corrected chi connectivity index (χ2v) is 6.81. The molecule has 3 N–H and O–H groups in total. The van der Waals surface area contributed by atoms with E-state index in [0.29, 0.717) is 4.47 Å². The van der Waals surface area contributed by atoms with Gasteiger partial charge in [-0.2, -0.15) is 0 Å². The van der Waals surface area contributed by atoms with Crippen molar-refractivity contribution >= 4 is 59.3 Å². The number of Topliss-reactive ketones (excluding diaryl/α,β-unsaturated/α-hetero) is 1. The first-order valence-electron chi connectivity index (χ1n) is 5.02. The van der Waals surface area contributed by atoms with Crippen molar-refractivity contribution in [2.45, 2.75) is 18.2 Å². The highest BCUT2D eigenvalue weighted by atomic mass is 79.9. The molecule has 0 saturated heterocycles. The van der Waals surface area contributed by atoms with Gasteiger partial charge in [0.2, 0.25) is 15.8 Å². The molecule has 1 aromatic carbocycles. The Kier molecular flexibility index (Phi) is 5.25. The first-order valence-corrected chi connectivity index (χ1v) is 8.16. The third-order valence-corrected chi connectivity index (χ3v) is 4.47. The largest absolute Gasteiger partial charge is 0.318 e. The quantitative estimate of drug-likeness (QED) is 0.733. The molecule has 19 heavy (non-hydrogen) atoms. The van der Waals surface area contributed by atoms with E-state index < -0.39 is 21.7 Å². The Morgan fingerprint density at radius 1 is 1.32 bits per heavy atom. The van der Waals surface area contributed by atoms with Crippen LogP contribution in [-0.2, 0) is 19.6 Å². The summed E-state index contributed by atoms with van der Waals surface area (Å²) in [6, 6.07) is 2.82. The zero-order valence-corrected chi connectivity index (χ0v) is 13.7. The lowest BCUT2D eigenvalue weighted by Crippen LogP contribution is -2.24. The molecule has 1 amide bonds. The third kappa shape index (κ3) is 4.10. The number of carbonyl (C=O) groups is 2. The van der Waals surface area contributed by atoms with Gasteiger partial charge in [0.1, 0.15) is 4.90 Å². The van der Waals surface area contributed by atoms with E-state index in [2.05, 4.69) is 37.2 Å². The van der Waals surface area contributed by atoms with Gasteiger partial charge in [-0.3, -0.25) is 9.59 Å². The Morgan fingerprint density at radius 2 is 1.89 bits per heavy atom. The number of nitrogens with one attached hydrogen (secondary N) is 1. The number of rotatable bonds is 4. The SMILES string of the molecule is CCC(=O)C(=O)Nc1cc(Br)cc(Br)c1S(N)(=O)=O. The van der Waals surface area contributed by atoms with Crippen LogP contribution < -0.4 is 10.5 Å². The minimum atomic E-state index is -4.05. The van der Waals surface area contributed by atoms with E-state index in [1.165, 1.54) is 19.1 Å². The maximum Gasteiger partial charge on any atom is 0.291 e. The van der Waals surface area contributed by atoms with E-state index in [1.807, 2.05) is 0 Å². The zero-order valence-electron chi connectivity index (χ0n) is 9.74. The number of sulfonamides is 1. The van der Waals surface area contributed by atoms with E-state index >= 15 is 0 Å². The topological polar surface area (TPSA) is 106 Å². The summed E-state index contributed by atoms with van der Waals surface area (Å²) in [5, 5.41) is 7.33. The summed E-state index contributed by atoms with van der Waals surface area (Å²) in [5.41, 5.74) is -0.0597. The summed E-state index contributed by atoms with van der Waals surface area (Å²) in [5.74, 6) is -1.55. The first-order chi connectivity index (χ1) is 8.66. The van der Waals surface area contributed by atoms with E-state index in [1.54, 1.807) is 0 Å². The first kappa shape index (κ1) is 16.3. The lowest BCUT2D eigenvalue weighted by molar-refractivity contribution is -0.134. The smallest absolute Gasteiger partial charge is 0.291 e. The maximum atomic E-state index is 11.5. The van der Waals surface area contributed by atoms with Crippen LogP contribution in [0.25, 0.3) is 0 Å². The normalized spacial score (nSPS) is 11.2. The molecular weight excluding hydrogens is 404 g/mol. The van der Waals surface area contributed by atoms with Crippen LogP contribution in [0.4, 0.5) is 5.69 Å². The monoisotopic (exact) mass is 412 g/mol. The van der Waals surface area contributed by atoms with Crippen LogP contribution in [0, 0.1) is 0 Å². The van der Waals surface area contributed by atoms with Crippen molar-refractivity contribution in [2.24, 2.45) is 5.14 Å². The van der Waals surface area contributed by atoms with Crippen LogP contribution in [0.3, 0.4) is 0 Å². The van der Waals surface area contributed by atoms with Crippen molar-refractivity contribution < 1.29 is 18.0 Å². The second kappa shape index (κ2) is 6.12. The van der Waals surface area contributed by atoms with Gasteiger partial charge < -0.3 is 5.32 Å². The molecule has 0 atom stereocenters. The molecule has 9 heteroatoms. The van der Waals surface area contributed by atoms with E-state index in [9.17, 15) is 18.0 Å². The van der Waals surface area contributed by atoms with Gasteiger partial charge in [-0.15, -0.1) is 0 Å². The van der Waals surface area contributed by atoms with Gasteiger partial charge in [0.25, 0.3) is 5.91 Å². The Morgan fingerprint density at radius 3 is 2.37 bits per heavy atom. The molecule has 0 aliphatic carbocycles. The average Bonchev–Trinajstić information content (AvgIpc) is 2.24. The standard InChI is InChI=1S/C10H10Br2N2O4S/c1-2-8(15)10(16)14-7-4-5(11)3-6(12)9(7)19(13,17)18/h3-4H,2H2,1H3,(H,14,16)(H2,13,17,18). The number of halogens is 2. The molecule has 0 spiro atoms. The fraction of sp³-hybridized carbons (Fsp3) is 0.200. The van der Waals surface area contributed by atoms with Gasteiger partial charge in [-0.05, 0) is 28.1 Å². The Labute approximate surface area is 127 Å². The van der Waals surface area contributed by atoms with Crippen molar-refractivity contribution in [3.63, 3.8) is 0 Å². The van der Waals surface area contributed by atoms with Gasteiger partial charge in [0.05, 0.1) is 5.69 Å². The molecule has 0 fully saturated rings. The van der Waals surface area contributed by atoms with Crippen LogP contribution in [-0.4, -0.2) is 20.1 Å². The number of carbonyl (C=O) groups excluding carboxylic acids is 2. The van der Waals surface area contributed by atoms with Gasteiger partial charge in [0, 0.05) is 15.4 Å². The van der Waals surface area contributed by atoms with Gasteiger partial charge in [0.15, 0.2) is 0 Å². The van der Waals surface area contributed by atoms with Crippen LogP contribution in [0.5, 0.6) is 0 Å². The lowest BCUT2D eigenvalue weighted by Gasteiger charge is -2.11. The second-order valence-electron chi connectivity index (χ2n) is 3.54. The average molecular weight is 414 g/mol. The van der Waals surface area contributed by atoms with E-state index in [4.69, 9.17) is 5.14 Å². The summed E-state index contributed by atoms with van der Waals surface area (Å²) >= 11 is 6.21. The van der Waals surface area contributed by atoms with Gasteiger partial charge >= 0.3 is 0 Å². The molecule has 0 aromatic heterocycles. The molecule has 0 radical (unpaired) electrons. The summed E-state index contributed by atoms with van der Waals surface area (Å²) in [4.78, 5) is 22.5. The van der Waals surface area contributed by atoms with Crippen LogP contribution in [0.2, 0.25) is 0 Å². The zero-order chi connectivity index (χ0) is 14.8. The van der Waals surface area contributed by atoms with Gasteiger partial charge in [-0.1, -0.05) is 22.9 Å². The number of nitrogens with two attached hydrogens (primary N) is 1. The highest BCUT2D eigenvalue weighted by Gasteiger charge is 2.22. The van der Waals surface area contributed by atoms with Crippen molar-refractivity contribution in [1.29, 1.82) is 0 Å². The predicted molar refractivity (Wildman–Crippen MR) is 77.1 cm³/mol. The van der Waals surface area contributed by atoms with Crippen molar-refractivity contribution in [3.05, 3.63) is 21.1 Å². The molecule has 1 aromatic rings.